The molecular formula is C47H89NO5. The Morgan fingerprint density at radius 2 is 0.981 bits per heavy atom. The minimum Gasteiger partial charge on any atom is -0.466 e. The number of rotatable bonds is 42. The van der Waals surface area contributed by atoms with E-state index in [4.69, 9.17) is 4.74 Å². The van der Waals surface area contributed by atoms with Crippen molar-refractivity contribution in [3.8, 4) is 0 Å². The second-order valence-electron chi connectivity index (χ2n) is 15.7. The molecule has 0 heterocycles. The number of amides is 1. The number of nitrogens with one attached hydrogen (secondary N) is 1. The standard InChI is InChI=1S/C47H89NO5/c1-3-5-7-9-11-13-14-17-21-25-29-33-37-41-47(52)53-42-38-34-30-26-22-19-16-15-18-20-24-28-32-36-40-46(51)48-44(43-49)45(50)39-35-31-27-23-12-10-8-6-4-2/h7,9,13-14,44-45,49-50H,3-6,8,10-12,15-43H2,1-2H3,(H,48,51)/b9-7-,14-13-. The second-order valence-corrected chi connectivity index (χ2v) is 15.7. The Kier molecular flexibility index (Phi) is 41.7. The van der Waals surface area contributed by atoms with Gasteiger partial charge in [0.05, 0.1) is 25.4 Å². The summed E-state index contributed by atoms with van der Waals surface area (Å²) in [7, 11) is 0. The molecule has 0 bridgehead atoms. The number of ether oxygens (including phenoxy) is 1. The van der Waals surface area contributed by atoms with Gasteiger partial charge in [-0.25, -0.2) is 0 Å². The summed E-state index contributed by atoms with van der Waals surface area (Å²) < 4.78 is 5.44. The SMILES string of the molecule is CCC/C=C\C/C=C\CCCCCCCC(=O)OCCCCCCCCCCCCCCCCC(=O)NC(CO)C(O)CCCCCCCCCCC. The molecule has 6 nitrogen and oxygen atoms in total. The monoisotopic (exact) mass is 748 g/mol. The smallest absolute Gasteiger partial charge is 0.305 e. The molecule has 0 aliphatic heterocycles. The van der Waals surface area contributed by atoms with Gasteiger partial charge in [0.2, 0.25) is 5.91 Å². The van der Waals surface area contributed by atoms with Crippen molar-refractivity contribution in [3.05, 3.63) is 24.3 Å². The molecule has 0 aromatic carbocycles. The zero-order valence-electron chi connectivity index (χ0n) is 35.2. The highest BCUT2D eigenvalue weighted by Gasteiger charge is 2.20. The third-order valence-corrected chi connectivity index (χ3v) is 10.5. The third-order valence-electron chi connectivity index (χ3n) is 10.5. The number of hydrogen-bond acceptors (Lipinski definition) is 5. The van der Waals surface area contributed by atoms with E-state index in [2.05, 4.69) is 43.5 Å². The lowest BCUT2D eigenvalue weighted by Gasteiger charge is -2.22. The molecule has 0 aliphatic carbocycles. The zero-order valence-corrected chi connectivity index (χ0v) is 35.2. The highest BCUT2D eigenvalue weighted by molar-refractivity contribution is 5.76. The number of unbranched alkanes of at least 4 members (excludes halogenated alkanes) is 27. The number of hydrogen-bond donors (Lipinski definition) is 3. The molecule has 0 radical (unpaired) electrons. The average Bonchev–Trinajstić information content (AvgIpc) is 3.16. The van der Waals surface area contributed by atoms with Crippen LogP contribution in [0.4, 0.5) is 0 Å². The van der Waals surface area contributed by atoms with Crippen molar-refractivity contribution in [3.63, 3.8) is 0 Å². The van der Waals surface area contributed by atoms with E-state index >= 15 is 0 Å². The molecule has 0 fully saturated rings. The Morgan fingerprint density at radius 1 is 0.528 bits per heavy atom. The Bertz CT molecular complexity index is 828. The molecule has 0 aromatic heterocycles. The van der Waals surface area contributed by atoms with Crippen LogP contribution in [0.15, 0.2) is 24.3 Å². The molecular weight excluding hydrogens is 659 g/mol. The quantitative estimate of drug-likeness (QED) is 0.0328. The van der Waals surface area contributed by atoms with Gasteiger partial charge >= 0.3 is 5.97 Å². The molecule has 1 amide bonds. The van der Waals surface area contributed by atoms with Crippen LogP contribution >= 0.6 is 0 Å². The molecule has 312 valence electrons. The number of aliphatic hydroxyl groups is 2. The maximum atomic E-state index is 12.4. The fourth-order valence-electron chi connectivity index (χ4n) is 6.91. The maximum absolute atomic E-state index is 12.4. The summed E-state index contributed by atoms with van der Waals surface area (Å²) in [5, 5.41) is 23.0. The Morgan fingerprint density at radius 3 is 1.51 bits per heavy atom. The normalized spacial score (nSPS) is 12.9. The first-order valence-electron chi connectivity index (χ1n) is 23.1. The van der Waals surface area contributed by atoms with Gasteiger partial charge in [0.15, 0.2) is 0 Å². The third kappa shape index (κ3) is 39.8. The Labute approximate surface area is 329 Å². The minimum atomic E-state index is -0.669. The van der Waals surface area contributed by atoms with Gasteiger partial charge < -0.3 is 20.3 Å². The van der Waals surface area contributed by atoms with Crippen molar-refractivity contribution >= 4 is 11.9 Å². The van der Waals surface area contributed by atoms with Gasteiger partial charge in [-0.2, -0.15) is 0 Å². The molecule has 3 N–H and O–H groups in total. The summed E-state index contributed by atoms with van der Waals surface area (Å²) in [6.07, 6.45) is 48.5. The number of aliphatic hydroxyl groups excluding tert-OH is 2. The molecule has 0 aliphatic rings. The van der Waals surface area contributed by atoms with E-state index in [9.17, 15) is 19.8 Å². The largest absolute Gasteiger partial charge is 0.466 e. The molecule has 0 spiro atoms. The first-order chi connectivity index (χ1) is 26.0. The molecule has 0 rings (SSSR count). The van der Waals surface area contributed by atoms with Gasteiger partial charge in [0.1, 0.15) is 0 Å². The summed E-state index contributed by atoms with van der Waals surface area (Å²) in [4.78, 5) is 24.3. The molecule has 2 atom stereocenters. The minimum absolute atomic E-state index is 0.0184. The zero-order chi connectivity index (χ0) is 38.7. The van der Waals surface area contributed by atoms with Crippen LogP contribution in [-0.4, -0.2) is 47.4 Å². The van der Waals surface area contributed by atoms with Crippen molar-refractivity contribution in [1.82, 2.24) is 5.32 Å². The van der Waals surface area contributed by atoms with Crippen LogP contribution < -0.4 is 5.32 Å². The molecule has 0 aromatic rings. The lowest BCUT2D eigenvalue weighted by molar-refractivity contribution is -0.143. The summed E-state index contributed by atoms with van der Waals surface area (Å²) >= 11 is 0. The fourth-order valence-corrected chi connectivity index (χ4v) is 6.91. The topological polar surface area (TPSA) is 95.9 Å². The van der Waals surface area contributed by atoms with Crippen molar-refractivity contribution < 1.29 is 24.5 Å². The first kappa shape index (κ1) is 51.3. The van der Waals surface area contributed by atoms with Gasteiger partial charge in [-0.15, -0.1) is 0 Å². The molecule has 6 heteroatoms. The number of allylic oxidation sites excluding steroid dienone is 4. The van der Waals surface area contributed by atoms with Crippen molar-refractivity contribution in [2.75, 3.05) is 13.2 Å². The van der Waals surface area contributed by atoms with Crippen LogP contribution in [-0.2, 0) is 14.3 Å². The number of esters is 1. The predicted octanol–water partition coefficient (Wildman–Crippen LogP) is 13.2. The second kappa shape index (κ2) is 43.1. The van der Waals surface area contributed by atoms with Crippen LogP contribution in [0.25, 0.3) is 0 Å². The lowest BCUT2D eigenvalue weighted by atomic mass is 10.0. The molecule has 53 heavy (non-hydrogen) atoms. The summed E-state index contributed by atoms with van der Waals surface area (Å²) in [6.45, 7) is 4.83. The average molecular weight is 748 g/mol. The van der Waals surface area contributed by atoms with Crippen LogP contribution in [0.3, 0.4) is 0 Å². The van der Waals surface area contributed by atoms with Crippen molar-refractivity contribution in [2.45, 2.75) is 251 Å². The van der Waals surface area contributed by atoms with Crippen LogP contribution in [0, 0.1) is 0 Å². The summed E-state index contributed by atoms with van der Waals surface area (Å²) in [5.74, 6) is -0.0680. The molecule has 2 unspecified atom stereocenters. The van der Waals surface area contributed by atoms with E-state index in [0.717, 1.165) is 57.8 Å². The first-order valence-corrected chi connectivity index (χ1v) is 23.1. The highest BCUT2D eigenvalue weighted by Crippen LogP contribution is 2.15. The van der Waals surface area contributed by atoms with Crippen LogP contribution in [0.5, 0.6) is 0 Å². The lowest BCUT2D eigenvalue weighted by Crippen LogP contribution is -2.45. The van der Waals surface area contributed by atoms with Gasteiger partial charge in [-0.1, -0.05) is 199 Å². The van der Waals surface area contributed by atoms with Crippen LogP contribution in [0.2, 0.25) is 0 Å². The van der Waals surface area contributed by atoms with E-state index < -0.39 is 12.1 Å². The highest BCUT2D eigenvalue weighted by atomic mass is 16.5. The van der Waals surface area contributed by atoms with Gasteiger partial charge in [-0.3, -0.25) is 9.59 Å². The molecule has 0 saturated heterocycles. The number of carbonyl (C=O) groups excluding carboxylic acids is 2. The number of carbonyl (C=O) groups is 2. The van der Waals surface area contributed by atoms with E-state index in [0.29, 0.717) is 25.9 Å². The van der Waals surface area contributed by atoms with Crippen molar-refractivity contribution in [2.24, 2.45) is 0 Å². The van der Waals surface area contributed by atoms with Gasteiger partial charge in [0, 0.05) is 12.8 Å². The van der Waals surface area contributed by atoms with Crippen molar-refractivity contribution in [1.29, 1.82) is 0 Å². The Hall–Kier alpha value is -1.66. The molecule has 0 saturated carbocycles. The van der Waals surface area contributed by atoms with Gasteiger partial charge in [-0.05, 0) is 51.4 Å². The van der Waals surface area contributed by atoms with Gasteiger partial charge in [0.25, 0.3) is 0 Å². The Balaban J connectivity index is 3.44. The maximum Gasteiger partial charge on any atom is 0.305 e. The fraction of sp³-hybridized carbons (Fsp3) is 0.872. The van der Waals surface area contributed by atoms with Crippen LogP contribution in [0.1, 0.15) is 239 Å². The van der Waals surface area contributed by atoms with E-state index in [-0.39, 0.29) is 18.5 Å². The van der Waals surface area contributed by atoms with E-state index in [1.54, 1.807) is 0 Å². The van der Waals surface area contributed by atoms with E-state index in [1.165, 1.54) is 148 Å². The summed E-state index contributed by atoms with van der Waals surface area (Å²) in [5.41, 5.74) is 0. The van der Waals surface area contributed by atoms with E-state index in [1.807, 2.05) is 0 Å². The predicted molar refractivity (Wildman–Crippen MR) is 227 cm³/mol. The summed E-state index contributed by atoms with van der Waals surface area (Å²) in [6, 6.07) is -0.547.